The Balaban J connectivity index is 1.29. The van der Waals surface area contributed by atoms with Gasteiger partial charge in [0, 0.05) is 50.9 Å². The van der Waals surface area contributed by atoms with Gasteiger partial charge in [0.1, 0.15) is 11.6 Å². The van der Waals surface area contributed by atoms with Gasteiger partial charge in [-0.2, -0.15) is 0 Å². The number of rotatable bonds is 10. The van der Waals surface area contributed by atoms with E-state index in [1.165, 1.54) is 17.2 Å². The van der Waals surface area contributed by atoms with Gasteiger partial charge >= 0.3 is 5.69 Å². The molecule has 0 atom stereocenters. The number of benzene rings is 2. The number of carbonyl (C=O) groups is 1. The molecule has 1 fully saturated rings. The number of hydrogen-bond donors (Lipinski definition) is 2. The number of carbonyl (C=O) groups excluding carboxylic acids is 1. The van der Waals surface area contributed by atoms with Crippen LogP contribution in [0.1, 0.15) is 37.8 Å². The van der Waals surface area contributed by atoms with Crippen LogP contribution in [0.25, 0.3) is 0 Å². The van der Waals surface area contributed by atoms with Crippen molar-refractivity contribution in [2.45, 2.75) is 46.6 Å². The molecule has 9 heteroatoms. The Hall–Kier alpha value is -4.01. The van der Waals surface area contributed by atoms with E-state index in [2.05, 4.69) is 29.0 Å². The van der Waals surface area contributed by atoms with Gasteiger partial charge in [0.05, 0.1) is 12.3 Å². The van der Waals surface area contributed by atoms with Crippen LogP contribution in [0, 0.1) is 6.92 Å². The van der Waals surface area contributed by atoms with E-state index in [1.54, 1.807) is 0 Å². The van der Waals surface area contributed by atoms with Crippen molar-refractivity contribution in [1.29, 1.82) is 0 Å². The van der Waals surface area contributed by atoms with Crippen molar-refractivity contribution >= 4 is 23.1 Å². The van der Waals surface area contributed by atoms with Crippen LogP contribution < -0.4 is 26.2 Å². The molecular formula is C29H37N5O4. The van der Waals surface area contributed by atoms with E-state index in [0.29, 0.717) is 31.9 Å². The van der Waals surface area contributed by atoms with E-state index >= 15 is 0 Å². The summed E-state index contributed by atoms with van der Waals surface area (Å²) in [5.74, 6) is 1.25. The number of nitrogens with zero attached hydrogens (tertiary/aromatic N) is 3. The summed E-state index contributed by atoms with van der Waals surface area (Å²) in [6.45, 7) is 9.60. The van der Waals surface area contributed by atoms with Crippen molar-refractivity contribution < 1.29 is 9.53 Å². The van der Waals surface area contributed by atoms with Crippen LogP contribution in [0.3, 0.4) is 0 Å². The fraction of sp³-hybridized carbons (Fsp3) is 0.414. The molecule has 0 aliphatic carbocycles. The summed E-state index contributed by atoms with van der Waals surface area (Å²) in [5.41, 5.74) is 3.38. The quantitative estimate of drug-likeness (QED) is 0.424. The van der Waals surface area contributed by atoms with Crippen LogP contribution in [0.15, 0.2) is 58.1 Å². The highest BCUT2D eigenvalue weighted by molar-refractivity contribution is 5.76. The zero-order chi connectivity index (χ0) is 27.1. The lowest BCUT2D eigenvalue weighted by Crippen LogP contribution is -2.49. The molecule has 2 N–H and O–H groups in total. The summed E-state index contributed by atoms with van der Waals surface area (Å²) in [5, 5.41) is 3.12. The van der Waals surface area contributed by atoms with Crippen LogP contribution >= 0.6 is 0 Å². The maximum absolute atomic E-state index is 12.8. The molecular weight excluding hydrogens is 482 g/mol. The first-order valence-electron chi connectivity index (χ1n) is 13.3. The van der Waals surface area contributed by atoms with E-state index in [-0.39, 0.29) is 18.9 Å². The number of amides is 1. The summed E-state index contributed by atoms with van der Waals surface area (Å²) >= 11 is 0. The van der Waals surface area contributed by atoms with Crippen LogP contribution in [-0.4, -0.2) is 53.1 Å². The number of H-pyrrole nitrogens is 1. The molecule has 0 unspecified atom stereocenters. The van der Waals surface area contributed by atoms with Crippen molar-refractivity contribution in [3.05, 3.63) is 80.5 Å². The topological polar surface area (TPSA) is 99.7 Å². The van der Waals surface area contributed by atoms with Crippen molar-refractivity contribution in [2.75, 3.05) is 43.0 Å². The van der Waals surface area contributed by atoms with Gasteiger partial charge in [-0.15, -0.1) is 0 Å². The number of nitrogens with one attached hydrogen (secondary N) is 2. The summed E-state index contributed by atoms with van der Waals surface area (Å²) in [7, 11) is 0. The van der Waals surface area contributed by atoms with Gasteiger partial charge in [-0.1, -0.05) is 25.1 Å². The van der Waals surface area contributed by atoms with Gasteiger partial charge < -0.3 is 19.9 Å². The summed E-state index contributed by atoms with van der Waals surface area (Å²) < 4.78 is 6.89. The molecule has 0 radical (unpaired) electrons. The van der Waals surface area contributed by atoms with Gasteiger partial charge in [-0.25, -0.2) is 4.79 Å². The Labute approximate surface area is 223 Å². The minimum absolute atomic E-state index is 0.0385. The van der Waals surface area contributed by atoms with Gasteiger partial charge in [0.25, 0.3) is 5.56 Å². The molecule has 202 valence electrons. The maximum Gasteiger partial charge on any atom is 0.329 e. The van der Waals surface area contributed by atoms with Crippen molar-refractivity contribution in [3.63, 3.8) is 0 Å². The normalized spacial score (nSPS) is 13.4. The number of piperazine rings is 1. The Morgan fingerprint density at radius 2 is 1.79 bits per heavy atom. The second-order valence-corrected chi connectivity index (χ2v) is 9.47. The number of hydrogen-bond acceptors (Lipinski definition) is 6. The molecule has 9 nitrogen and oxygen atoms in total. The molecule has 3 aromatic rings. The predicted molar refractivity (Wildman–Crippen MR) is 151 cm³/mol. The lowest BCUT2D eigenvalue weighted by atomic mass is 10.1. The lowest BCUT2D eigenvalue weighted by Gasteiger charge is -2.36. The predicted octanol–water partition coefficient (Wildman–Crippen LogP) is 3.68. The molecule has 1 aliphatic rings. The molecule has 1 amide bonds. The number of para-hydroxylation sites is 2. The third-order valence-electron chi connectivity index (χ3n) is 6.94. The molecule has 0 spiro atoms. The van der Waals surface area contributed by atoms with Gasteiger partial charge in [0.2, 0.25) is 5.91 Å². The third-order valence-corrected chi connectivity index (χ3v) is 6.94. The van der Waals surface area contributed by atoms with Gasteiger partial charge in [-0.05, 0) is 62.1 Å². The molecule has 1 aromatic heterocycles. The lowest BCUT2D eigenvalue weighted by molar-refractivity contribution is -0.131. The average Bonchev–Trinajstić information content (AvgIpc) is 2.92. The fourth-order valence-electron chi connectivity index (χ4n) is 4.82. The second-order valence-electron chi connectivity index (χ2n) is 9.47. The molecule has 1 saturated heterocycles. The summed E-state index contributed by atoms with van der Waals surface area (Å²) in [6.07, 6.45) is 1.60. The van der Waals surface area contributed by atoms with E-state index in [0.717, 1.165) is 41.2 Å². The van der Waals surface area contributed by atoms with E-state index in [1.807, 2.05) is 54.3 Å². The SMILES string of the molecule is CCOc1ccccc1N1CCN(C(=O)CCCn2c(=O)cc(Nc3ccc(C)c(CC)c3)[nH]c2=O)CC1. The standard InChI is InChI=1S/C29H37N5O4/c1-4-22-19-23(13-12-21(22)3)30-26-20-28(36)34(29(37)31-26)14-8-11-27(35)33-17-15-32(16-18-33)24-9-6-7-10-25(24)38-5-2/h6-7,9-10,12-13,19-20,30H,4-5,8,11,14-18H2,1-3H3,(H,31,37). The highest BCUT2D eigenvalue weighted by atomic mass is 16.5. The van der Waals surface area contributed by atoms with Crippen LogP contribution in [0.4, 0.5) is 17.2 Å². The zero-order valence-corrected chi connectivity index (χ0v) is 22.5. The maximum atomic E-state index is 12.8. The van der Waals surface area contributed by atoms with E-state index in [9.17, 15) is 14.4 Å². The summed E-state index contributed by atoms with van der Waals surface area (Å²) in [6, 6.07) is 15.3. The largest absolute Gasteiger partial charge is 0.492 e. The van der Waals surface area contributed by atoms with Crippen LogP contribution in [0.5, 0.6) is 5.75 Å². The molecule has 2 aromatic carbocycles. The minimum Gasteiger partial charge on any atom is -0.492 e. The first-order chi connectivity index (χ1) is 18.4. The number of aryl methyl sites for hydroxylation is 2. The molecule has 2 heterocycles. The smallest absolute Gasteiger partial charge is 0.329 e. The van der Waals surface area contributed by atoms with Gasteiger partial charge in [-0.3, -0.25) is 19.1 Å². The number of aromatic amines is 1. The third kappa shape index (κ3) is 6.45. The first kappa shape index (κ1) is 27.0. The Kier molecular flexibility index (Phi) is 8.89. The first-order valence-corrected chi connectivity index (χ1v) is 13.3. The molecule has 38 heavy (non-hydrogen) atoms. The van der Waals surface area contributed by atoms with E-state index in [4.69, 9.17) is 4.74 Å². The Bertz CT molecular complexity index is 1340. The monoisotopic (exact) mass is 519 g/mol. The Morgan fingerprint density at radius 3 is 2.50 bits per heavy atom. The molecule has 4 rings (SSSR count). The number of aromatic nitrogens is 2. The summed E-state index contributed by atoms with van der Waals surface area (Å²) in [4.78, 5) is 44.9. The molecule has 1 aliphatic heterocycles. The van der Waals surface area contributed by atoms with Crippen molar-refractivity contribution in [3.8, 4) is 5.75 Å². The number of anilines is 3. The van der Waals surface area contributed by atoms with Crippen LogP contribution in [-0.2, 0) is 17.8 Å². The average molecular weight is 520 g/mol. The van der Waals surface area contributed by atoms with Gasteiger partial charge in [0.15, 0.2) is 0 Å². The van der Waals surface area contributed by atoms with Crippen molar-refractivity contribution in [2.24, 2.45) is 0 Å². The highest BCUT2D eigenvalue weighted by Gasteiger charge is 2.22. The molecule has 0 bridgehead atoms. The van der Waals surface area contributed by atoms with E-state index < -0.39 is 11.2 Å². The number of ether oxygens (including phenoxy) is 1. The second kappa shape index (κ2) is 12.5. The minimum atomic E-state index is -0.489. The Morgan fingerprint density at radius 1 is 1.03 bits per heavy atom. The highest BCUT2D eigenvalue weighted by Crippen LogP contribution is 2.29. The fourth-order valence-corrected chi connectivity index (χ4v) is 4.82. The molecule has 0 saturated carbocycles. The van der Waals surface area contributed by atoms with Crippen molar-refractivity contribution in [1.82, 2.24) is 14.5 Å². The zero-order valence-electron chi connectivity index (χ0n) is 22.5. The van der Waals surface area contributed by atoms with Crippen LogP contribution in [0.2, 0.25) is 0 Å².